The fourth-order valence-corrected chi connectivity index (χ4v) is 3.81. The lowest BCUT2D eigenvalue weighted by atomic mass is 10.2. The molecule has 0 radical (unpaired) electrons. The van der Waals surface area contributed by atoms with Crippen LogP contribution in [0.1, 0.15) is 19.4 Å². The zero-order valence-electron chi connectivity index (χ0n) is 15.0. The highest BCUT2D eigenvalue weighted by Gasteiger charge is 2.25. The predicted molar refractivity (Wildman–Crippen MR) is 100 cm³/mol. The minimum atomic E-state index is -3.74. The fraction of sp³-hybridized carbons (Fsp3) is 0.316. The van der Waals surface area contributed by atoms with Crippen molar-refractivity contribution in [2.45, 2.75) is 25.3 Å². The standard InChI is InChI=1S/C19H24N2O4S/c1-3-21(15-19(22)20-14-16-8-6-5-7-9-16)26(23,24)18-12-10-17(11-13-18)25-4-2/h5-13H,3-4,14-15H2,1-2H3,(H,20,22). The van der Waals surface area contributed by atoms with Gasteiger partial charge in [0.05, 0.1) is 18.0 Å². The van der Waals surface area contributed by atoms with Gasteiger partial charge in [0, 0.05) is 13.1 Å². The zero-order valence-corrected chi connectivity index (χ0v) is 15.8. The molecule has 0 fully saturated rings. The van der Waals surface area contributed by atoms with E-state index in [1.165, 1.54) is 12.1 Å². The molecular weight excluding hydrogens is 352 g/mol. The molecule has 0 aliphatic rings. The molecule has 1 amide bonds. The highest BCUT2D eigenvalue weighted by atomic mass is 32.2. The Morgan fingerprint density at radius 2 is 1.69 bits per heavy atom. The van der Waals surface area contributed by atoms with E-state index in [1.54, 1.807) is 19.1 Å². The van der Waals surface area contributed by atoms with E-state index >= 15 is 0 Å². The normalized spacial score (nSPS) is 11.3. The minimum Gasteiger partial charge on any atom is -0.494 e. The van der Waals surface area contributed by atoms with Crippen molar-refractivity contribution >= 4 is 15.9 Å². The summed E-state index contributed by atoms with van der Waals surface area (Å²) in [7, 11) is -3.74. The van der Waals surface area contributed by atoms with E-state index in [0.29, 0.717) is 18.9 Å². The number of hydrogen-bond acceptors (Lipinski definition) is 4. The van der Waals surface area contributed by atoms with E-state index in [2.05, 4.69) is 5.32 Å². The van der Waals surface area contributed by atoms with E-state index in [4.69, 9.17) is 4.74 Å². The number of rotatable bonds is 9. The second-order valence-corrected chi connectivity index (χ2v) is 7.54. The summed E-state index contributed by atoms with van der Waals surface area (Å²) in [5, 5.41) is 2.75. The third kappa shape index (κ3) is 5.31. The topological polar surface area (TPSA) is 75.7 Å². The molecule has 0 saturated heterocycles. The first-order chi connectivity index (χ1) is 12.5. The predicted octanol–water partition coefficient (Wildman–Crippen LogP) is 2.41. The van der Waals surface area contributed by atoms with Crippen LogP contribution in [0.4, 0.5) is 0 Å². The van der Waals surface area contributed by atoms with Crippen LogP contribution in [0.15, 0.2) is 59.5 Å². The van der Waals surface area contributed by atoms with Gasteiger partial charge in [-0.1, -0.05) is 37.3 Å². The Morgan fingerprint density at radius 3 is 2.27 bits per heavy atom. The maximum absolute atomic E-state index is 12.7. The Bertz CT molecular complexity index is 805. The van der Waals surface area contributed by atoms with Gasteiger partial charge < -0.3 is 10.1 Å². The molecule has 2 rings (SSSR count). The average molecular weight is 376 g/mol. The van der Waals surface area contributed by atoms with Gasteiger partial charge in [0.1, 0.15) is 5.75 Å². The first-order valence-corrected chi connectivity index (χ1v) is 9.95. The number of carbonyl (C=O) groups is 1. The van der Waals surface area contributed by atoms with Gasteiger partial charge in [-0.2, -0.15) is 4.31 Å². The van der Waals surface area contributed by atoms with E-state index < -0.39 is 10.0 Å². The highest BCUT2D eigenvalue weighted by molar-refractivity contribution is 7.89. The van der Waals surface area contributed by atoms with Gasteiger partial charge in [0.15, 0.2) is 0 Å². The highest BCUT2D eigenvalue weighted by Crippen LogP contribution is 2.19. The molecule has 0 heterocycles. The SMILES string of the molecule is CCOc1ccc(S(=O)(=O)N(CC)CC(=O)NCc2ccccc2)cc1. The number of carbonyl (C=O) groups excluding carboxylic acids is 1. The summed E-state index contributed by atoms with van der Waals surface area (Å²) in [6, 6.07) is 15.7. The maximum Gasteiger partial charge on any atom is 0.243 e. The summed E-state index contributed by atoms with van der Waals surface area (Å²) in [4.78, 5) is 12.3. The number of hydrogen-bond donors (Lipinski definition) is 1. The van der Waals surface area contributed by atoms with Crippen LogP contribution in [-0.4, -0.2) is 38.3 Å². The van der Waals surface area contributed by atoms with Gasteiger partial charge in [-0.05, 0) is 36.8 Å². The van der Waals surface area contributed by atoms with Crippen LogP contribution in [0.3, 0.4) is 0 Å². The van der Waals surface area contributed by atoms with E-state index in [-0.39, 0.29) is 23.9 Å². The molecule has 0 spiro atoms. The molecule has 140 valence electrons. The lowest BCUT2D eigenvalue weighted by Crippen LogP contribution is -2.40. The lowest BCUT2D eigenvalue weighted by molar-refractivity contribution is -0.121. The summed E-state index contributed by atoms with van der Waals surface area (Å²) in [5.41, 5.74) is 0.957. The van der Waals surface area contributed by atoms with Crippen molar-refractivity contribution in [1.29, 1.82) is 0 Å². The molecule has 1 N–H and O–H groups in total. The first kappa shape index (κ1) is 19.9. The van der Waals surface area contributed by atoms with E-state index in [0.717, 1.165) is 9.87 Å². The largest absolute Gasteiger partial charge is 0.494 e. The number of benzene rings is 2. The van der Waals surface area contributed by atoms with Crippen LogP contribution in [0.25, 0.3) is 0 Å². The number of sulfonamides is 1. The van der Waals surface area contributed by atoms with Crippen LogP contribution >= 0.6 is 0 Å². The minimum absolute atomic E-state index is 0.138. The fourth-order valence-electron chi connectivity index (χ4n) is 2.40. The van der Waals surface area contributed by atoms with Crippen molar-refractivity contribution in [3.63, 3.8) is 0 Å². The Kier molecular flexibility index (Phi) is 7.17. The molecular formula is C19H24N2O4S. The lowest BCUT2D eigenvalue weighted by Gasteiger charge is -2.20. The quantitative estimate of drug-likeness (QED) is 0.729. The van der Waals surface area contributed by atoms with Crippen molar-refractivity contribution in [2.24, 2.45) is 0 Å². The Balaban J connectivity index is 2.02. The molecule has 0 atom stereocenters. The molecule has 0 bridgehead atoms. The van der Waals surface area contributed by atoms with Crippen LogP contribution in [0, 0.1) is 0 Å². The van der Waals surface area contributed by atoms with Crippen molar-refractivity contribution in [1.82, 2.24) is 9.62 Å². The molecule has 0 aliphatic carbocycles. The van der Waals surface area contributed by atoms with Crippen molar-refractivity contribution in [3.05, 3.63) is 60.2 Å². The number of amides is 1. The Labute approximate surface area is 154 Å². The van der Waals surface area contributed by atoms with Gasteiger partial charge >= 0.3 is 0 Å². The van der Waals surface area contributed by atoms with Crippen molar-refractivity contribution < 1.29 is 17.9 Å². The van der Waals surface area contributed by atoms with Gasteiger partial charge in [0.25, 0.3) is 0 Å². The number of ether oxygens (including phenoxy) is 1. The number of likely N-dealkylation sites (N-methyl/N-ethyl adjacent to an activating group) is 1. The van der Waals surface area contributed by atoms with Crippen LogP contribution in [0.2, 0.25) is 0 Å². The number of nitrogens with one attached hydrogen (secondary N) is 1. The molecule has 26 heavy (non-hydrogen) atoms. The van der Waals surface area contributed by atoms with Gasteiger partial charge in [-0.15, -0.1) is 0 Å². The second kappa shape index (κ2) is 9.35. The summed E-state index contributed by atoms with van der Waals surface area (Å²) in [6.45, 7) is 4.41. The van der Waals surface area contributed by atoms with Crippen molar-refractivity contribution in [3.8, 4) is 5.75 Å². The molecule has 0 saturated carbocycles. The summed E-state index contributed by atoms with van der Waals surface area (Å²) < 4.78 is 32.0. The van der Waals surface area contributed by atoms with Gasteiger partial charge in [-0.3, -0.25) is 4.79 Å². The Hall–Kier alpha value is -2.38. The average Bonchev–Trinajstić information content (AvgIpc) is 2.66. The third-order valence-corrected chi connectivity index (χ3v) is 5.71. The molecule has 7 heteroatoms. The molecule has 6 nitrogen and oxygen atoms in total. The maximum atomic E-state index is 12.7. The van der Waals surface area contributed by atoms with Crippen molar-refractivity contribution in [2.75, 3.05) is 19.7 Å². The monoisotopic (exact) mass is 376 g/mol. The third-order valence-electron chi connectivity index (χ3n) is 3.78. The smallest absolute Gasteiger partial charge is 0.243 e. The second-order valence-electron chi connectivity index (χ2n) is 5.60. The molecule has 0 aliphatic heterocycles. The molecule has 2 aromatic carbocycles. The zero-order chi connectivity index (χ0) is 19.0. The van der Waals surface area contributed by atoms with Gasteiger partial charge in [0.2, 0.25) is 15.9 Å². The first-order valence-electron chi connectivity index (χ1n) is 8.51. The molecule has 0 aromatic heterocycles. The van der Waals surface area contributed by atoms with Gasteiger partial charge in [-0.25, -0.2) is 8.42 Å². The Morgan fingerprint density at radius 1 is 1.04 bits per heavy atom. The van der Waals surface area contributed by atoms with Crippen LogP contribution in [0.5, 0.6) is 5.75 Å². The summed E-state index contributed by atoms with van der Waals surface area (Å²) in [5.74, 6) is 0.264. The summed E-state index contributed by atoms with van der Waals surface area (Å²) in [6.07, 6.45) is 0. The van der Waals surface area contributed by atoms with E-state index in [9.17, 15) is 13.2 Å². The molecule has 2 aromatic rings. The molecule has 0 unspecified atom stereocenters. The van der Waals surface area contributed by atoms with E-state index in [1.807, 2.05) is 37.3 Å². The van der Waals surface area contributed by atoms with Crippen LogP contribution < -0.4 is 10.1 Å². The number of nitrogens with zero attached hydrogens (tertiary/aromatic N) is 1. The van der Waals surface area contributed by atoms with Crippen LogP contribution in [-0.2, 0) is 21.4 Å². The summed E-state index contributed by atoms with van der Waals surface area (Å²) >= 11 is 0.